The van der Waals surface area contributed by atoms with E-state index in [1.807, 2.05) is 6.92 Å². The summed E-state index contributed by atoms with van der Waals surface area (Å²) in [5.74, 6) is -0.316. The Labute approximate surface area is 101 Å². The van der Waals surface area contributed by atoms with Crippen molar-refractivity contribution < 1.29 is 4.79 Å². The van der Waals surface area contributed by atoms with Crippen molar-refractivity contribution in [3.63, 3.8) is 0 Å². The lowest BCUT2D eigenvalue weighted by atomic mass is 10.3. The van der Waals surface area contributed by atoms with E-state index in [0.29, 0.717) is 4.96 Å². The minimum Gasteiger partial charge on any atom is -0.349 e. The third-order valence-corrected chi connectivity index (χ3v) is 3.59. The topological polar surface area (TPSA) is 63.5 Å². The molecular weight excluding hydrogens is 238 g/mol. The van der Waals surface area contributed by atoms with E-state index >= 15 is 0 Å². The Bertz CT molecular complexity index is 654. The molecule has 1 saturated carbocycles. The molecule has 1 N–H and O–H groups in total. The van der Waals surface area contributed by atoms with Crippen LogP contribution in [0.3, 0.4) is 0 Å². The molecule has 1 amide bonds. The molecule has 0 radical (unpaired) electrons. The van der Waals surface area contributed by atoms with E-state index in [4.69, 9.17) is 0 Å². The number of rotatable bonds is 2. The molecule has 6 heteroatoms. The van der Waals surface area contributed by atoms with Gasteiger partial charge in [-0.05, 0) is 19.8 Å². The van der Waals surface area contributed by atoms with Crippen LogP contribution < -0.4 is 10.9 Å². The molecule has 0 aliphatic heterocycles. The van der Waals surface area contributed by atoms with Gasteiger partial charge in [0.15, 0.2) is 4.96 Å². The molecule has 0 bridgehead atoms. The average molecular weight is 249 g/mol. The summed E-state index contributed by atoms with van der Waals surface area (Å²) in [5.41, 5.74) is -0.176. The first-order valence-corrected chi connectivity index (χ1v) is 6.25. The van der Waals surface area contributed by atoms with Crippen LogP contribution in [0, 0.1) is 6.92 Å². The van der Waals surface area contributed by atoms with E-state index in [0.717, 1.165) is 17.7 Å². The fourth-order valence-electron chi connectivity index (χ4n) is 1.64. The van der Waals surface area contributed by atoms with Gasteiger partial charge in [-0.1, -0.05) is 0 Å². The summed E-state index contributed by atoms with van der Waals surface area (Å²) in [4.78, 5) is 29.6. The number of amides is 1. The Morgan fingerprint density at radius 3 is 3.06 bits per heavy atom. The smallest absolute Gasteiger partial charge is 0.271 e. The highest BCUT2D eigenvalue weighted by Crippen LogP contribution is 2.19. The van der Waals surface area contributed by atoms with Crippen LogP contribution in [-0.4, -0.2) is 21.3 Å². The van der Waals surface area contributed by atoms with Crippen molar-refractivity contribution in [2.24, 2.45) is 0 Å². The van der Waals surface area contributed by atoms with Gasteiger partial charge in [-0.2, -0.15) is 0 Å². The van der Waals surface area contributed by atoms with Gasteiger partial charge in [-0.3, -0.25) is 14.0 Å². The highest BCUT2D eigenvalue weighted by Gasteiger charge is 2.25. The number of carbonyl (C=O) groups is 1. The number of thiazole rings is 1. The molecule has 1 fully saturated rings. The summed E-state index contributed by atoms with van der Waals surface area (Å²) in [7, 11) is 0. The maximum atomic E-state index is 12.1. The molecule has 2 heterocycles. The quantitative estimate of drug-likeness (QED) is 0.862. The lowest BCUT2D eigenvalue weighted by Gasteiger charge is -2.01. The number of fused-ring (bicyclic) bond motifs is 1. The molecule has 0 unspecified atom stereocenters. The van der Waals surface area contributed by atoms with Gasteiger partial charge in [-0.15, -0.1) is 11.3 Å². The molecule has 0 saturated heterocycles. The van der Waals surface area contributed by atoms with Gasteiger partial charge in [0.25, 0.3) is 11.5 Å². The summed E-state index contributed by atoms with van der Waals surface area (Å²) < 4.78 is 1.43. The third-order valence-electron chi connectivity index (χ3n) is 2.68. The fourth-order valence-corrected chi connectivity index (χ4v) is 2.43. The highest BCUT2D eigenvalue weighted by atomic mass is 32.1. The SMILES string of the molecule is Cc1cn2c(=O)c(C(=O)NC3CC3)cnc2s1. The zero-order valence-corrected chi connectivity index (χ0v) is 10.1. The van der Waals surface area contributed by atoms with Crippen molar-refractivity contribution in [2.45, 2.75) is 25.8 Å². The second kappa shape index (κ2) is 3.66. The van der Waals surface area contributed by atoms with E-state index in [1.54, 1.807) is 6.20 Å². The molecule has 3 rings (SSSR count). The minimum absolute atomic E-state index is 0.118. The first-order chi connectivity index (χ1) is 8.15. The van der Waals surface area contributed by atoms with Crippen molar-refractivity contribution >= 4 is 22.2 Å². The largest absolute Gasteiger partial charge is 0.349 e. The average Bonchev–Trinajstić information content (AvgIpc) is 2.99. The maximum absolute atomic E-state index is 12.1. The molecule has 17 heavy (non-hydrogen) atoms. The van der Waals surface area contributed by atoms with Gasteiger partial charge >= 0.3 is 0 Å². The molecule has 2 aromatic rings. The molecule has 88 valence electrons. The van der Waals surface area contributed by atoms with Gasteiger partial charge in [0.1, 0.15) is 5.56 Å². The zero-order chi connectivity index (χ0) is 12.0. The number of aromatic nitrogens is 2. The predicted molar refractivity (Wildman–Crippen MR) is 64.6 cm³/mol. The number of carbonyl (C=O) groups excluding carboxylic acids is 1. The maximum Gasteiger partial charge on any atom is 0.271 e. The Balaban J connectivity index is 2.06. The summed E-state index contributed by atoms with van der Waals surface area (Å²) in [6, 6.07) is 0.242. The molecular formula is C11H11N3O2S. The van der Waals surface area contributed by atoms with Crippen molar-refractivity contribution in [1.29, 1.82) is 0 Å². The van der Waals surface area contributed by atoms with E-state index in [9.17, 15) is 9.59 Å². The lowest BCUT2D eigenvalue weighted by Crippen LogP contribution is -2.32. The zero-order valence-electron chi connectivity index (χ0n) is 9.27. The van der Waals surface area contributed by atoms with Gasteiger partial charge in [-0.25, -0.2) is 4.98 Å². The fraction of sp³-hybridized carbons (Fsp3) is 0.364. The van der Waals surface area contributed by atoms with Crippen LogP contribution in [0.5, 0.6) is 0 Å². The van der Waals surface area contributed by atoms with E-state index in [2.05, 4.69) is 10.3 Å². The molecule has 1 aliphatic rings. The van der Waals surface area contributed by atoms with Crippen molar-refractivity contribution in [2.75, 3.05) is 0 Å². The number of hydrogen-bond donors (Lipinski definition) is 1. The molecule has 0 atom stereocenters. The second-order valence-corrected chi connectivity index (χ2v) is 5.43. The molecule has 2 aromatic heterocycles. The van der Waals surface area contributed by atoms with Gasteiger partial charge in [0.2, 0.25) is 0 Å². The summed E-state index contributed by atoms with van der Waals surface area (Å²) in [6.45, 7) is 1.91. The molecule has 0 aromatic carbocycles. The van der Waals surface area contributed by atoms with E-state index < -0.39 is 0 Å². The molecule has 0 spiro atoms. The van der Waals surface area contributed by atoms with Crippen molar-refractivity contribution in [3.8, 4) is 0 Å². The van der Waals surface area contributed by atoms with Crippen LogP contribution in [-0.2, 0) is 0 Å². The summed E-state index contributed by atoms with van der Waals surface area (Å²) in [6.07, 6.45) is 5.08. The van der Waals surface area contributed by atoms with E-state index in [-0.39, 0.29) is 23.1 Å². The Hall–Kier alpha value is -1.69. The highest BCUT2D eigenvalue weighted by molar-refractivity contribution is 7.16. The first kappa shape index (κ1) is 10.5. The van der Waals surface area contributed by atoms with Gasteiger partial charge < -0.3 is 5.32 Å². The van der Waals surface area contributed by atoms with Crippen LogP contribution in [0.4, 0.5) is 0 Å². The minimum atomic E-state index is -0.316. The third kappa shape index (κ3) is 1.84. The number of nitrogens with one attached hydrogen (secondary N) is 1. The number of hydrogen-bond acceptors (Lipinski definition) is 4. The Morgan fingerprint density at radius 2 is 2.35 bits per heavy atom. The lowest BCUT2D eigenvalue weighted by molar-refractivity contribution is 0.0949. The second-order valence-electron chi connectivity index (χ2n) is 4.22. The van der Waals surface area contributed by atoms with Crippen LogP contribution in [0.25, 0.3) is 4.96 Å². The standard InChI is InChI=1S/C11H11N3O2S/c1-6-5-14-10(16)8(4-12-11(14)17-6)9(15)13-7-2-3-7/h4-5,7H,2-3H2,1H3,(H,13,15). The normalized spacial score (nSPS) is 15.1. The summed E-state index contributed by atoms with van der Waals surface area (Å²) in [5, 5.41) is 2.79. The van der Waals surface area contributed by atoms with Crippen molar-refractivity contribution in [1.82, 2.24) is 14.7 Å². The molecule has 1 aliphatic carbocycles. The van der Waals surface area contributed by atoms with Crippen molar-refractivity contribution in [3.05, 3.63) is 33.2 Å². The number of aryl methyl sites for hydroxylation is 1. The van der Waals surface area contributed by atoms with Crippen LogP contribution in [0.15, 0.2) is 17.2 Å². The monoisotopic (exact) mass is 249 g/mol. The first-order valence-electron chi connectivity index (χ1n) is 5.44. The number of nitrogens with zero attached hydrogens (tertiary/aromatic N) is 2. The van der Waals surface area contributed by atoms with Crippen LogP contribution in [0.1, 0.15) is 28.1 Å². The van der Waals surface area contributed by atoms with Gasteiger partial charge in [0, 0.05) is 23.3 Å². The predicted octanol–water partition coefficient (Wildman–Crippen LogP) is 0.957. The molecule has 5 nitrogen and oxygen atoms in total. The van der Waals surface area contributed by atoms with Gasteiger partial charge in [0.05, 0.1) is 0 Å². The Kier molecular flexibility index (Phi) is 2.25. The van der Waals surface area contributed by atoms with E-state index in [1.165, 1.54) is 21.9 Å². The van der Waals surface area contributed by atoms with Crippen LogP contribution >= 0.6 is 11.3 Å². The Morgan fingerprint density at radius 1 is 1.59 bits per heavy atom. The van der Waals surface area contributed by atoms with Crippen LogP contribution in [0.2, 0.25) is 0 Å². The summed E-state index contributed by atoms with van der Waals surface area (Å²) >= 11 is 1.43.